The van der Waals surface area contributed by atoms with Crippen molar-refractivity contribution in [2.75, 3.05) is 0 Å². The predicted molar refractivity (Wildman–Crippen MR) is 48.7 cm³/mol. The van der Waals surface area contributed by atoms with Gasteiger partial charge in [0.2, 0.25) is 0 Å². The third kappa shape index (κ3) is 1.30. The summed E-state index contributed by atoms with van der Waals surface area (Å²) in [5.41, 5.74) is 2.53. The number of hydrogen-bond acceptors (Lipinski definition) is 1. The highest BCUT2D eigenvalue weighted by molar-refractivity contribution is 9.09. The van der Waals surface area contributed by atoms with Crippen LogP contribution in [0, 0.1) is 0 Å². The van der Waals surface area contributed by atoms with Crippen molar-refractivity contribution in [3.63, 3.8) is 0 Å². The summed E-state index contributed by atoms with van der Waals surface area (Å²) in [6, 6.07) is 0. The highest BCUT2D eigenvalue weighted by Gasteiger charge is 2.25. The topological polar surface area (TPSA) is 20.2 Å². The van der Waals surface area contributed by atoms with Gasteiger partial charge in [-0.05, 0) is 30.4 Å². The molecule has 0 aromatic heterocycles. The minimum absolute atomic E-state index is 0.179. The number of fused-ring (bicyclic) bond motifs is 1. The molecule has 2 atom stereocenters. The number of aliphatic hydroxyl groups is 1. The molecule has 0 amide bonds. The maximum atomic E-state index is 9.49. The van der Waals surface area contributed by atoms with Gasteiger partial charge in [0.15, 0.2) is 0 Å². The molecule has 0 saturated heterocycles. The second-order valence-electron chi connectivity index (χ2n) is 3.16. The van der Waals surface area contributed by atoms with E-state index in [2.05, 4.69) is 28.1 Å². The molecule has 0 aliphatic heterocycles. The van der Waals surface area contributed by atoms with Crippen LogP contribution in [-0.4, -0.2) is 16.0 Å². The molecule has 2 unspecified atom stereocenters. The zero-order chi connectivity index (χ0) is 7.84. The first-order chi connectivity index (χ1) is 5.27. The minimum Gasteiger partial charge on any atom is -0.388 e. The molecule has 0 heterocycles. The van der Waals surface area contributed by atoms with E-state index in [1.165, 1.54) is 11.1 Å². The lowest BCUT2D eigenvalue weighted by molar-refractivity contribution is 0.218. The molecular formula is C9H11BrO. The zero-order valence-corrected chi connectivity index (χ0v) is 7.84. The standard InChI is InChI=1S/C9H11BrO/c10-7-2-3-8-6(5-7)1-4-9(8)11/h3,5,7,9,11H,1-2,4H2. The second kappa shape index (κ2) is 2.76. The van der Waals surface area contributed by atoms with Gasteiger partial charge >= 0.3 is 0 Å². The van der Waals surface area contributed by atoms with Gasteiger partial charge in [0.05, 0.1) is 6.10 Å². The monoisotopic (exact) mass is 214 g/mol. The van der Waals surface area contributed by atoms with Crippen molar-refractivity contribution < 1.29 is 5.11 Å². The van der Waals surface area contributed by atoms with Crippen LogP contribution in [0.4, 0.5) is 0 Å². The molecule has 1 saturated carbocycles. The molecule has 2 aliphatic carbocycles. The van der Waals surface area contributed by atoms with Crippen molar-refractivity contribution in [1.82, 2.24) is 0 Å². The Balaban J connectivity index is 2.28. The van der Waals surface area contributed by atoms with Crippen molar-refractivity contribution >= 4 is 15.9 Å². The van der Waals surface area contributed by atoms with Crippen LogP contribution < -0.4 is 0 Å². The first kappa shape index (κ1) is 7.56. The summed E-state index contributed by atoms with van der Waals surface area (Å²) >= 11 is 3.54. The van der Waals surface area contributed by atoms with Crippen LogP contribution in [0.3, 0.4) is 0 Å². The Hall–Kier alpha value is -0.0800. The van der Waals surface area contributed by atoms with E-state index in [-0.39, 0.29) is 6.10 Å². The first-order valence-corrected chi connectivity index (χ1v) is 4.92. The van der Waals surface area contributed by atoms with E-state index in [4.69, 9.17) is 0 Å². The molecule has 0 radical (unpaired) electrons. The molecule has 60 valence electrons. The van der Waals surface area contributed by atoms with E-state index in [9.17, 15) is 5.11 Å². The minimum atomic E-state index is -0.179. The Bertz CT molecular complexity index is 230. The Labute approximate surface area is 74.9 Å². The summed E-state index contributed by atoms with van der Waals surface area (Å²) in [6.45, 7) is 0. The lowest BCUT2D eigenvalue weighted by atomic mass is 10.00. The van der Waals surface area contributed by atoms with Crippen LogP contribution in [0.5, 0.6) is 0 Å². The number of allylic oxidation sites excluding steroid dienone is 2. The zero-order valence-electron chi connectivity index (χ0n) is 6.26. The SMILES string of the molecule is OC1CCC2=CC(Br)CC=C21. The maximum Gasteiger partial charge on any atom is 0.0792 e. The summed E-state index contributed by atoms with van der Waals surface area (Å²) in [5, 5.41) is 9.49. The van der Waals surface area contributed by atoms with E-state index >= 15 is 0 Å². The van der Waals surface area contributed by atoms with Gasteiger partial charge in [-0.2, -0.15) is 0 Å². The van der Waals surface area contributed by atoms with Crippen LogP contribution in [0.15, 0.2) is 23.3 Å². The highest BCUT2D eigenvalue weighted by Crippen LogP contribution is 2.35. The normalized spacial score (nSPS) is 36.2. The molecule has 1 nitrogen and oxygen atoms in total. The second-order valence-corrected chi connectivity index (χ2v) is 4.33. The van der Waals surface area contributed by atoms with Crippen molar-refractivity contribution in [2.24, 2.45) is 0 Å². The molecule has 2 heteroatoms. The summed E-state index contributed by atoms with van der Waals surface area (Å²) in [5.74, 6) is 0. The Morgan fingerprint density at radius 3 is 3.18 bits per heavy atom. The van der Waals surface area contributed by atoms with Crippen LogP contribution in [0.2, 0.25) is 0 Å². The van der Waals surface area contributed by atoms with Gasteiger partial charge in [-0.25, -0.2) is 0 Å². The fourth-order valence-corrected chi connectivity index (χ4v) is 2.28. The molecule has 0 aromatic carbocycles. The molecule has 0 aromatic rings. The number of rotatable bonds is 0. The quantitative estimate of drug-likeness (QED) is 0.614. The molecule has 0 bridgehead atoms. The van der Waals surface area contributed by atoms with E-state index < -0.39 is 0 Å². The predicted octanol–water partition coefficient (Wildman–Crippen LogP) is 2.16. The average Bonchev–Trinajstić information content (AvgIpc) is 2.32. The van der Waals surface area contributed by atoms with Crippen LogP contribution in [0.25, 0.3) is 0 Å². The third-order valence-electron chi connectivity index (χ3n) is 2.36. The summed E-state index contributed by atoms with van der Waals surface area (Å²) in [7, 11) is 0. The first-order valence-electron chi connectivity index (χ1n) is 4.00. The van der Waals surface area contributed by atoms with E-state index in [1.54, 1.807) is 0 Å². The number of aliphatic hydroxyl groups excluding tert-OH is 1. The van der Waals surface area contributed by atoms with Gasteiger partial charge in [-0.3, -0.25) is 0 Å². The molecule has 0 spiro atoms. The Kier molecular flexibility index (Phi) is 1.90. The van der Waals surface area contributed by atoms with Crippen LogP contribution >= 0.6 is 15.9 Å². The molecule has 11 heavy (non-hydrogen) atoms. The van der Waals surface area contributed by atoms with E-state index in [0.29, 0.717) is 4.83 Å². The summed E-state index contributed by atoms with van der Waals surface area (Å²) in [4.78, 5) is 0.492. The Morgan fingerprint density at radius 1 is 1.55 bits per heavy atom. The molecule has 1 fully saturated rings. The van der Waals surface area contributed by atoms with E-state index in [1.807, 2.05) is 0 Å². The van der Waals surface area contributed by atoms with Crippen LogP contribution in [-0.2, 0) is 0 Å². The Morgan fingerprint density at radius 2 is 2.36 bits per heavy atom. The summed E-state index contributed by atoms with van der Waals surface area (Å²) < 4.78 is 0. The lowest BCUT2D eigenvalue weighted by Crippen LogP contribution is -2.07. The van der Waals surface area contributed by atoms with Crippen LogP contribution in [0.1, 0.15) is 19.3 Å². The van der Waals surface area contributed by atoms with Crippen molar-refractivity contribution in [1.29, 1.82) is 0 Å². The van der Waals surface area contributed by atoms with Gasteiger partial charge in [0.25, 0.3) is 0 Å². The lowest BCUT2D eigenvalue weighted by Gasteiger charge is -2.13. The molecule has 2 aliphatic rings. The van der Waals surface area contributed by atoms with E-state index in [0.717, 1.165) is 19.3 Å². The largest absolute Gasteiger partial charge is 0.388 e. The number of alkyl halides is 1. The van der Waals surface area contributed by atoms with Crippen molar-refractivity contribution in [2.45, 2.75) is 30.2 Å². The molecule has 1 N–H and O–H groups in total. The maximum absolute atomic E-state index is 9.49. The fraction of sp³-hybridized carbons (Fsp3) is 0.556. The molecular weight excluding hydrogens is 204 g/mol. The van der Waals surface area contributed by atoms with Crippen molar-refractivity contribution in [3.05, 3.63) is 23.3 Å². The highest BCUT2D eigenvalue weighted by atomic mass is 79.9. The third-order valence-corrected chi connectivity index (χ3v) is 3.00. The van der Waals surface area contributed by atoms with Gasteiger partial charge in [-0.15, -0.1) is 0 Å². The van der Waals surface area contributed by atoms with Crippen molar-refractivity contribution in [3.8, 4) is 0 Å². The fourth-order valence-electron chi connectivity index (χ4n) is 1.78. The smallest absolute Gasteiger partial charge is 0.0792 e. The number of hydrogen-bond donors (Lipinski definition) is 1. The average molecular weight is 215 g/mol. The van der Waals surface area contributed by atoms with Gasteiger partial charge in [0.1, 0.15) is 0 Å². The number of halogens is 1. The van der Waals surface area contributed by atoms with Gasteiger partial charge < -0.3 is 5.11 Å². The summed E-state index contributed by atoms with van der Waals surface area (Å²) in [6.07, 6.45) is 7.20. The van der Waals surface area contributed by atoms with Gasteiger partial charge in [0, 0.05) is 4.83 Å². The van der Waals surface area contributed by atoms with Gasteiger partial charge in [-0.1, -0.05) is 28.1 Å². The molecule has 2 rings (SSSR count).